The molecule has 5 nitrogen and oxygen atoms in total. The predicted octanol–water partition coefficient (Wildman–Crippen LogP) is 17.2. The molecule has 0 bridgehead atoms. The summed E-state index contributed by atoms with van der Waals surface area (Å²) in [4.78, 5) is 25.2. The molecule has 0 N–H and O–H groups in total. The molecule has 1 atom stereocenters. The van der Waals surface area contributed by atoms with Gasteiger partial charge in [-0.15, -0.1) is 0 Å². The van der Waals surface area contributed by atoms with Crippen molar-refractivity contribution in [3.05, 3.63) is 109 Å². The summed E-state index contributed by atoms with van der Waals surface area (Å²) in [6.07, 6.45) is 71.2. The van der Waals surface area contributed by atoms with E-state index in [1.54, 1.807) is 0 Å². The van der Waals surface area contributed by atoms with Crippen LogP contribution in [-0.4, -0.2) is 37.9 Å². The molecule has 0 saturated heterocycles. The molecule has 0 saturated carbocycles. The van der Waals surface area contributed by atoms with Crippen molar-refractivity contribution in [2.45, 2.75) is 219 Å². The molecule has 0 aliphatic heterocycles. The highest BCUT2D eigenvalue weighted by atomic mass is 16.6. The van der Waals surface area contributed by atoms with Gasteiger partial charge in [0.2, 0.25) is 0 Å². The quantitative estimate of drug-likeness (QED) is 0.0347. The topological polar surface area (TPSA) is 61.8 Å². The normalized spacial score (nSPS) is 13.1. The molecule has 0 aromatic rings. The fourth-order valence-corrected chi connectivity index (χ4v) is 6.53. The number of hydrogen-bond acceptors (Lipinski definition) is 5. The van der Waals surface area contributed by atoms with Gasteiger partial charge in [0, 0.05) is 19.4 Å². The van der Waals surface area contributed by atoms with Crippen LogP contribution in [0.25, 0.3) is 0 Å². The second-order valence-corrected chi connectivity index (χ2v) is 16.3. The fraction of sp³-hybridized carbons (Fsp3) is 0.649. The lowest BCUT2D eigenvalue weighted by molar-refractivity contribution is -0.163. The van der Waals surface area contributed by atoms with Crippen molar-refractivity contribution in [3.8, 4) is 0 Å². The van der Waals surface area contributed by atoms with E-state index in [4.69, 9.17) is 14.2 Å². The smallest absolute Gasteiger partial charge is 0.306 e. The lowest BCUT2D eigenvalue weighted by Crippen LogP contribution is -2.30. The van der Waals surface area contributed by atoms with E-state index in [1.807, 2.05) is 0 Å². The van der Waals surface area contributed by atoms with Crippen LogP contribution in [-0.2, 0) is 23.8 Å². The van der Waals surface area contributed by atoms with Gasteiger partial charge in [-0.3, -0.25) is 9.59 Å². The molecule has 0 aromatic carbocycles. The van der Waals surface area contributed by atoms with Gasteiger partial charge < -0.3 is 14.2 Å². The van der Waals surface area contributed by atoms with Crippen molar-refractivity contribution in [1.82, 2.24) is 0 Å². The minimum absolute atomic E-state index is 0.0498. The highest BCUT2D eigenvalue weighted by Gasteiger charge is 2.17. The lowest BCUT2D eigenvalue weighted by Gasteiger charge is -2.18. The SMILES string of the molecule is CC/C=C\C/C=C\C/C=C\C/C=C\C/C=C\C/C=C\CCCOCC(COC(=O)CCCCCCCC/C=C\C/C=C\C/C=C\CCCCC)OC(=O)CCCCCCCCC. The Kier molecular flexibility index (Phi) is 49.0. The summed E-state index contributed by atoms with van der Waals surface area (Å²) in [7, 11) is 0. The maximum Gasteiger partial charge on any atom is 0.306 e. The summed E-state index contributed by atoms with van der Waals surface area (Å²) >= 11 is 0. The minimum atomic E-state index is -0.575. The maximum absolute atomic E-state index is 12.7. The summed E-state index contributed by atoms with van der Waals surface area (Å²) in [6, 6.07) is 0. The number of rotatable bonds is 45. The molecule has 0 spiro atoms. The summed E-state index contributed by atoms with van der Waals surface area (Å²) in [6.45, 7) is 7.48. The molecule has 0 aliphatic rings. The van der Waals surface area contributed by atoms with Gasteiger partial charge in [0.1, 0.15) is 6.61 Å². The van der Waals surface area contributed by atoms with Crippen LogP contribution in [0.3, 0.4) is 0 Å². The van der Waals surface area contributed by atoms with Crippen LogP contribution in [0.2, 0.25) is 0 Å². The first kappa shape index (κ1) is 58.6. The number of ether oxygens (including phenoxy) is 3. The second kappa shape index (κ2) is 51.9. The molecule has 0 fully saturated rings. The molecule has 0 heterocycles. The average Bonchev–Trinajstić information content (AvgIpc) is 3.27. The van der Waals surface area contributed by atoms with Crippen molar-refractivity contribution in [1.29, 1.82) is 0 Å². The van der Waals surface area contributed by atoms with Crippen molar-refractivity contribution < 1.29 is 23.8 Å². The Morgan fingerprint density at radius 2 is 0.726 bits per heavy atom. The molecule has 0 amide bonds. The molecule has 0 radical (unpaired) electrons. The van der Waals surface area contributed by atoms with Gasteiger partial charge >= 0.3 is 11.9 Å². The maximum atomic E-state index is 12.7. The fourth-order valence-electron chi connectivity index (χ4n) is 6.53. The van der Waals surface area contributed by atoms with Crippen LogP contribution < -0.4 is 0 Å². The van der Waals surface area contributed by atoms with Gasteiger partial charge in [-0.05, 0) is 103 Å². The average molecular weight is 859 g/mol. The van der Waals surface area contributed by atoms with E-state index in [1.165, 1.54) is 70.6 Å². The third-order valence-corrected chi connectivity index (χ3v) is 10.3. The van der Waals surface area contributed by atoms with Crippen molar-refractivity contribution >= 4 is 11.9 Å². The zero-order chi connectivity index (χ0) is 44.9. The van der Waals surface area contributed by atoms with Crippen molar-refractivity contribution in [3.63, 3.8) is 0 Å². The highest BCUT2D eigenvalue weighted by molar-refractivity contribution is 5.70. The Hall–Kier alpha value is -3.44. The molecule has 5 heteroatoms. The second-order valence-electron chi connectivity index (χ2n) is 16.3. The van der Waals surface area contributed by atoms with Gasteiger partial charge in [0.15, 0.2) is 6.10 Å². The summed E-state index contributed by atoms with van der Waals surface area (Å²) in [5.74, 6) is -0.456. The van der Waals surface area contributed by atoms with E-state index < -0.39 is 6.10 Å². The Bertz CT molecular complexity index is 1250. The predicted molar refractivity (Wildman–Crippen MR) is 269 cm³/mol. The molecule has 0 aromatic heterocycles. The zero-order valence-electron chi connectivity index (χ0n) is 40.3. The first-order valence-electron chi connectivity index (χ1n) is 25.4. The van der Waals surface area contributed by atoms with E-state index in [0.29, 0.717) is 19.4 Å². The van der Waals surface area contributed by atoms with Crippen LogP contribution in [0, 0.1) is 0 Å². The molecule has 1 unspecified atom stereocenters. The number of allylic oxidation sites excluding steroid dienone is 18. The van der Waals surface area contributed by atoms with Gasteiger partial charge in [0.05, 0.1) is 6.61 Å². The van der Waals surface area contributed by atoms with Crippen LogP contribution in [0.5, 0.6) is 0 Å². The third-order valence-electron chi connectivity index (χ3n) is 10.3. The number of hydrogen-bond donors (Lipinski definition) is 0. The van der Waals surface area contributed by atoms with E-state index in [9.17, 15) is 9.59 Å². The lowest BCUT2D eigenvalue weighted by atomic mass is 10.1. The van der Waals surface area contributed by atoms with Gasteiger partial charge in [-0.1, -0.05) is 207 Å². The van der Waals surface area contributed by atoms with Gasteiger partial charge in [-0.2, -0.15) is 0 Å². The molecule has 62 heavy (non-hydrogen) atoms. The van der Waals surface area contributed by atoms with Crippen molar-refractivity contribution in [2.24, 2.45) is 0 Å². The van der Waals surface area contributed by atoms with Crippen LogP contribution in [0.1, 0.15) is 213 Å². The van der Waals surface area contributed by atoms with Gasteiger partial charge in [-0.25, -0.2) is 0 Å². The summed E-state index contributed by atoms with van der Waals surface area (Å²) < 4.78 is 17.2. The summed E-state index contributed by atoms with van der Waals surface area (Å²) in [5.41, 5.74) is 0. The number of esters is 2. The molecule has 0 rings (SSSR count). The van der Waals surface area contributed by atoms with Crippen molar-refractivity contribution in [2.75, 3.05) is 19.8 Å². The molecular formula is C57H94O5. The molecule has 352 valence electrons. The third kappa shape index (κ3) is 49.2. The van der Waals surface area contributed by atoms with E-state index in [0.717, 1.165) is 109 Å². The number of carbonyl (C=O) groups excluding carboxylic acids is 2. The standard InChI is InChI=1S/C57H94O5/c1-4-7-10-13-16-18-20-22-24-26-28-30-32-34-36-38-40-43-46-49-52-60-53-55(62-57(59)51-48-45-41-15-12-9-6-3)54-61-56(58)50-47-44-42-39-37-35-33-31-29-27-25-23-21-19-17-14-11-8-5-2/h7,10,16-19,22-25,28-31,34,36,40,43,55H,4-6,8-9,11-15,20-21,26-27,32-33,35,37-39,41-42,44-54H2,1-3H3/b10-7-,18-16-,19-17-,24-22-,25-23-,30-28-,31-29-,36-34-,43-40-. The van der Waals surface area contributed by atoms with Crippen LogP contribution in [0.15, 0.2) is 109 Å². The largest absolute Gasteiger partial charge is 0.462 e. The van der Waals surface area contributed by atoms with E-state index >= 15 is 0 Å². The number of carbonyl (C=O) groups is 2. The Morgan fingerprint density at radius 1 is 0.371 bits per heavy atom. The first-order valence-corrected chi connectivity index (χ1v) is 25.4. The first-order chi connectivity index (χ1) is 30.6. The van der Waals surface area contributed by atoms with Crippen LogP contribution >= 0.6 is 0 Å². The van der Waals surface area contributed by atoms with Gasteiger partial charge in [0.25, 0.3) is 0 Å². The summed E-state index contributed by atoms with van der Waals surface area (Å²) in [5, 5.41) is 0. The molecular weight excluding hydrogens is 765 g/mol. The molecule has 0 aliphatic carbocycles. The number of unbranched alkanes of at least 4 members (excludes halogenated alkanes) is 16. The minimum Gasteiger partial charge on any atom is -0.462 e. The Balaban J connectivity index is 4.27. The Morgan fingerprint density at radius 3 is 1.19 bits per heavy atom. The highest BCUT2D eigenvalue weighted by Crippen LogP contribution is 2.12. The monoisotopic (exact) mass is 859 g/mol. The van der Waals surface area contributed by atoms with E-state index in [2.05, 4.69) is 130 Å². The van der Waals surface area contributed by atoms with E-state index in [-0.39, 0.29) is 25.2 Å². The van der Waals surface area contributed by atoms with Crippen LogP contribution in [0.4, 0.5) is 0 Å². The zero-order valence-corrected chi connectivity index (χ0v) is 40.3. The Labute approximate surface area is 383 Å².